The third kappa shape index (κ3) is 7.02. The minimum atomic E-state index is -4.55. The molecular weight excluding hydrogens is 483 g/mol. The van der Waals surface area contributed by atoms with Crippen LogP contribution >= 0.6 is 11.3 Å². The van der Waals surface area contributed by atoms with Crippen LogP contribution in [0.1, 0.15) is 31.9 Å². The quantitative estimate of drug-likeness (QED) is 0.457. The first kappa shape index (κ1) is 25.7. The monoisotopic (exact) mass is 503 g/mol. The van der Waals surface area contributed by atoms with Crippen LogP contribution < -0.4 is 10.6 Å². The molecule has 3 aromatic rings. The van der Waals surface area contributed by atoms with Gasteiger partial charge >= 0.3 is 12.2 Å². The molecular formula is C23H20F3N5O3S. The maximum absolute atomic E-state index is 12.9. The third-order valence-corrected chi connectivity index (χ3v) is 5.48. The fourth-order valence-electron chi connectivity index (χ4n) is 2.72. The molecule has 12 heteroatoms. The molecule has 0 fully saturated rings. The van der Waals surface area contributed by atoms with Crippen molar-refractivity contribution >= 4 is 34.2 Å². The summed E-state index contributed by atoms with van der Waals surface area (Å²) in [6.45, 7) is 1.82. The Morgan fingerprint density at radius 1 is 1.14 bits per heavy atom. The lowest BCUT2D eigenvalue weighted by Gasteiger charge is -2.14. The van der Waals surface area contributed by atoms with E-state index < -0.39 is 23.7 Å². The maximum Gasteiger partial charge on any atom is 0.416 e. The number of amides is 3. The normalized spacial score (nSPS) is 10.8. The summed E-state index contributed by atoms with van der Waals surface area (Å²) < 4.78 is 38.7. The number of aliphatic hydroxyl groups is 1. The summed E-state index contributed by atoms with van der Waals surface area (Å²) in [5.41, 5.74) is 0.605. The van der Waals surface area contributed by atoms with E-state index in [-0.39, 0.29) is 24.5 Å². The Labute approximate surface area is 202 Å². The molecule has 0 bridgehead atoms. The van der Waals surface area contributed by atoms with Crippen LogP contribution in [0.25, 0.3) is 0 Å². The molecule has 1 aromatic carbocycles. The van der Waals surface area contributed by atoms with Crippen LogP contribution in [0.5, 0.6) is 0 Å². The number of nitrogens with one attached hydrogen (secondary N) is 2. The molecule has 182 valence electrons. The number of rotatable bonds is 5. The van der Waals surface area contributed by atoms with Crippen molar-refractivity contribution in [1.82, 2.24) is 14.9 Å². The Morgan fingerprint density at radius 3 is 2.63 bits per heavy atom. The first-order valence-corrected chi connectivity index (χ1v) is 10.9. The zero-order chi connectivity index (χ0) is 25.6. The van der Waals surface area contributed by atoms with Crippen molar-refractivity contribution in [2.75, 3.05) is 30.8 Å². The number of nitrogens with zero attached hydrogens (tertiary/aromatic N) is 3. The Hall–Kier alpha value is -3.95. The molecule has 0 saturated heterocycles. The number of thiazole rings is 1. The van der Waals surface area contributed by atoms with Crippen LogP contribution in [0.4, 0.5) is 28.9 Å². The Kier molecular flexibility index (Phi) is 8.06. The van der Waals surface area contributed by atoms with Crippen molar-refractivity contribution in [1.29, 1.82) is 0 Å². The predicted octanol–water partition coefficient (Wildman–Crippen LogP) is 3.97. The summed E-state index contributed by atoms with van der Waals surface area (Å²) in [6, 6.07) is 5.89. The fraction of sp³-hybridized carbons (Fsp3) is 0.217. The van der Waals surface area contributed by atoms with Crippen LogP contribution in [0.15, 0.2) is 42.7 Å². The summed E-state index contributed by atoms with van der Waals surface area (Å²) in [6.07, 6.45) is -2.09. The minimum Gasteiger partial charge on any atom is -0.395 e. The lowest BCUT2D eigenvalue weighted by Crippen LogP contribution is -2.33. The van der Waals surface area contributed by atoms with E-state index in [4.69, 9.17) is 5.11 Å². The summed E-state index contributed by atoms with van der Waals surface area (Å²) in [5.74, 6) is 5.02. The molecule has 2 aromatic heterocycles. The molecule has 0 aliphatic heterocycles. The number of aromatic nitrogens is 2. The molecule has 0 unspecified atom stereocenters. The topological polar surface area (TPSA) is 107 Å². The van der Waals surface area contributed by atoms with Crippen molar-refractivity contribution in [3.8, 4) is 11.8 Å². The number of pyridine rings is 1. The van der Waals surface area contributed by atoms with Gasteiger partial charge in [-0.15, -0.1) is 0 Å². The standard InChI is InChI=1S/C23H20F3N5O3S/c1-14-3-4-16(20(33)29-19-12-17(7-8-27-19)23(24,25)26)11-15(14)5-6-18-13-28-21(35-18)30-22(34)31(2)9-10-32/h3-4,7-8,11-13,32H,9-10H2,1-2H3,(H,27,29,33)(H,28,30,34). The van der Waals surface area contributed by atoms with Gasteiger partial charge in [-0.3, -0.25) is 10.1 Å². The van der Waals surface area contributed by atoms with Gasteiger partial charge in [0.15, 0.2) is 5.13 Å². The average molecular weight is 504 g/mol. The molecule has 2 heterocycles. The second-order valence-corrected chi connectivity index (χ2v) is 8.30. The average Bonchev–Trinajstić information content (AvgIpc) is 3.25. The first-order valence-electron chi connectivity index (χ1n) is 10.1. The largest absolute Gasteiger partial charge is 0.416 e. The van der Waals surface area contributed by atoms with Gasteiger partial charge in [-0.25, -0.2) is 14.8 Å². The van der Waals surface area contributed by atoms with Gasteiger partial charge in [-0.05, 0) is 42.7 Å². The van der Waals surface area contributed by atoms with Gasteiger partial charge in [0.05, 0.1) is 23.2 Å². The van der Waals surface area contributed by atoms with Crippen LogP contribution in [0.2, 0.25) is 0 Å². The van der Waals surface area contributed by atoms with Crippen molar-refractivity contribution in [2.45, 2.75) is 13.1 Å². The lowest BCUT2D eigenvalue weighted by molar-refractivity contribution is -0.137. The van der Waals surface area contributed by atoms with E-state index in [2.05, 4.69) is 32.4 Å². The molecule has 0 spiro atoms. The number of likely N-dealkylation sites (N-methyl/N-ethyl adjacent to an activating group) is 1. The number of urea groups is 1. The highest BCUT2D eigenvalue weighted by atomic mass is 32.1. The van der Waals surface area contributed by atoms with Gasteiger partial charge in [-0.2, -0.15) is 13.2 Å². The van der Waals surface area contributed by atoms with Gasteiger partial charge < -0.3 is 15.3 Å². The number of anilines is 2. The molecule has 0 aliphatic carbocycles. The summed E-state index contributed by atoms with van der Waals surface area (Å²) >= 11 is 1.15. The van der Waals surface area contributed by atoms with Gasteiger partial charge in [0, 0.05) is 30.9 Å². The molecule has 8 nitrogen and oxygen atoms in total. The van der Waals surface area contributed by atoms with Crippen LogP contribution in [-0.2, 0) is 6.18 Å². The highest BCUT2D eigenvalue weighted by molar-refractivity contribution is 7.16. The van der Waals surface area contributed by atoms with E-state index in [1.807, 2.05) is 0 Å². The summed E-state index contributed by atoms with van der Waals surface area (Å²) in [5, 5.41) is 14.2. The van der Waals surface area contributed by atoms with E-state index in [1.54, 1.807) is 13.0 Å². The van der Waals surface area contributed by atoms with Crippen LogP contribution in [0.3, 0.4) is 0 Å². The number of hydrogen-bond acceptors (Lipinski definition) is 6. The first-order chi connectivity index (χ1) is 16.6. The zero-order valence-electron chi connectivity index (χ0n) is 18.6. The minimum absolute atomic E-state index is 0.161. The molecule has 3 amide bonds. The molecule has 0 aliphatic rings. The Balaban J connectivity index is 1.73. The number of aliphatic hydroxyl groups excluding tert-OH is 1. The van der Waals surface area contributed by atoms with Crippen molar-refractivity contribution in [2.24, 2.45) is 0 Å². The SMILES string of the molecule is Cc1ccc(C(=O)Nc2cc(C(F)(F)F)ccn2)cc1C#Cc1cnc(NC(=O)N(C)CCO)s1. The number of hydrogen-bond donors (Lipinski definition) is 3. The fourth-order valence-corrected chi connectivity index (χ4v) is 3.38. The molecule has 3 rings (SSSR count). The van der Waals surface area contributed by atoms with Crippen LogP contribution in [-0.4, -0.2) is 52.1 Å². The number of carbonyl (C=O) groups is 2. The third-order valence-electron chi connectivity index (χ3n) is 4.65. The van der Waals surface area contributed by atoms with E-state index in [0.29, 0.717) is 15.6 Å². The van der Waals surface area contributed by atoms with Gasteiger partial charge in [0.1, 0.15) is 5.82 Å². The predicted molar refractivity (Wildman–Crippen MR) is 125 cm³/mol. The van der Waals surface area contributed by atoms with Crippen molar-refractivity contribution in [3.63, 3.8) is 0 Å². The highest BCUT2D eigenvalue weighted by Crippen LogP contribution is 2.30. The van der Waals surface area contributed by atoms with E-state index in [0.717, 1.165) is 35.2 Å². The maximum atomic E-state index is 12.9. The second-order valence-electron chi connectivity index (χ2n) is 7.27. The Bertz CT molecular complexity index is 1300. The zero-order valence-corrected chi connectivity index (χ0v) is 19.4. The van der Waals surface area contributed by atoms with Gasteiger partial charge in [0.2, 0.25) is 0 Å². The van der Waals surface area contributed by atoms with Crippen LogP contribution in [0, 0.1) is 18.8 Å². The number of aryl methyl sites for hydroxylation is 1. The number of carbonyl (C=O) groups excluding carboxylic acids is 2. The van der Waals surface area contributed by atoms with E-state index >= 15 is 0 Å². The summed E-state index contributed by atoms with van der Waals surface area (Å²) in [7, 11) is 1.54. The molecule has 0 saturated carbocycles. The number of benzene rings is 1. The van der Waals surface area contributed by atoms with Gasteiger partial charge in [-0.1, -0.05) is 23.3 Å². The Morgan fingerprint density at radius 2 is 1.91 bits per heavy atom. The van der Waals surface area contributed by atoms with E-state index in [9.17, 15) is 22.8 Å². The molecule has 3 N–H and O–H groups in total. The lowest BCUT2D eigenvalue weighted by atomic mass is 10.0. The number of halogens is 3. The van der Waals surface area contributed by atoms with Crippen molar-refractivity contribution in [3.05, 3.63) is 69.9 Å². The van der Waals surface area contributed by atoms with Crippen molar-refractivity contribution < 1.29 is 27.9 Å². The van der Waals surface area contributed by atoms with Gasteiger partial charge in [0.25, 0.3) is 5.91 Å². The molecule has 0 radical (unpaired) electrons. The van der Waals surface area contributed by atoms with E-state index in [1.165, 1.54) is 30.3 Å². The number of alkyl halides is 3. The second kappa shape index (κ2) is 11.0. The smallest absolute Gasteiger partial charge is 0.395 e. The molecule has 35 heavy (non-hydrogen) atoms. The molecule has 0 atom stereocenters. The highest BCUT2D eigenvalue weighted by Gasteiger charge is 2.30. The summed E-state index contributed by atoms with van der Waals surface area (Å²) in [4.78, 5) is 34.3.